The summed E-state index contributed by atoms with van der Waals surface area (Å²) in [6, 6.07) is 3.89. The van der Waals surface area contributed by atoms with Gasteiger partial charge in [-0.25, -0.2) is 0 Å². The van der Waals surface area contributed by atoms with E-state index in [9.17, 15) is 0 Å². The lowest BCUT2D eigenvalue weighted by Crippen LogP contribution is -1.91. The van der Waals surface area contributed by atoms with Gasteiger partial charge in [0.2, 0.25) is 0 Å². The second kappa shape index (κ2) is 3.67. The molecule has 0 fully saturated rings. The number of ether oxygens (including phenoxy) is 2. The van der Waals surface area contributed by atoms with Gasteiger partial charge >= 0.3 is 0 Å². The first-order valence-corrected chi connectivity index (χ1v) is 5.31. The maximum Gasteiger partial charge on any atom is 0.180 e. The molecule has 0 saturated carbocycles. The molecule has 0 atom stereocenters. The highest BCUT2D eigenvalue weighted by Crippen LogP contribution is 2.43. The van der Waals surface area contributed by atoms with Crippen LogP contribution in [0.3, 0.4) is 0 Å². The minimum atomic E-state index is 0.583. The Bertz CT molecular complexity index is 464. The van der Waals surface area contributed by atoms with Gasteiger partial charge in [-0.2, -0.15) is 0 Å². The van der Waals surface area contributed by atoms with Crippen molar-refractivity contribution in [2.45, 2.75) is 0 Å². The van der Waals surface area contributed by atoms with Crippen molar-refractivity contribution in [3.63, 3.8) is 0 Å². The lowest BCUT2D eigenvalue weighted by atomic mass is 10.2. The van der Waals surface area contributed by atoms with E-state index in [1.165, 1.54) is 0 Å². The van der Waals surface area contributed by atoms with Gasteiger partial charge in [-0.15, -0.1) is 11.3 Å². The van der Waals surface area contributed by atoms with E-state index in [4.69, 9.17) is 21.1 Å². The van der Waals surface area contributed by atoms with E-state index < -0.39 is 0 Å². The number of halogens is 1. The third kappa shape index (κ3) is 1.33. The molecule has 2 nitrogen and oxygen atoms in total. The second-order valence-corrected chi connectivity index (χ2v) is 4.11. The van der Waals surface area contributed by atoms with Crippen LogP contribution in [0.5, 0.6) is 11.5 Å². The van der Waals surface area contributed by atoms with Crippen LogP contribution < -0.4 is 9.47 Å². The molecule has 1 aromatic heterocycles. The number of rotatable bonds is 2. The fraction of sp³-hybridized carbons (Fsp3) is 0.200. The summed E-state index contributed by atoms with van der Waals surface area (Å²) in [5, 5.41) is 3.63. The van der Waals surface area contributed by atoms with Crippen LogP contribution in [-0.2, 0) is 0 Å². The largest absolute Gasteiger partial charge is 0.492 e. The van der Waals surface area contributed by atoms with Crippen LogP contribution in [-0.4, -0.2) is 14.2 Å². The van der Waals surface area contributed by atoms with Gasteiger partial charge in [0.05, 0.1) is 19.2 Å². The van der Waals surface area contributed by atoms with E-state index in [1.807, 2.05) is 17.5 Å². The van der Waals surface area contributed by atoms with E-state index in [-0.39, 0.29) is 0 Å². The van der Waals surface area contributed by atoms with Crippen LogP contribution in [0.2, 0.25) is 5.02 Å². The average Bonchev–Trinajstić information content (AvgIpc) is 2.62. The predicted octanol–water partition coefficient (Wildman–Crippen LogP) is 3.57. The minimum Gasteiger partial charge on any atom is -0.492 e. The summed E-state index contributed by atoms with van der Waals surface area (Å²) in [5.41, 5.74) is 0. The lowest BCUT2D eigenvalue weighted by molar-refractivity contribution is 0.359. The van der Waals surface area contributed by atoms with Gasteiger partial charge in [-0.05, 0) is 17.5 Å². The molecule has 0 bridgehead atoms. The quantitative estimate of drug-likeness (QED) is 0.783. The maximum absolute atomic E-state index is 6.05. The van der Waals surface area contributed by atoms with Crippen molar-refractivity contribution in [1.29, 1.82) is 0 Å². The summed E-state index contributed by atoms with van der Waals surface area (Å²) in [6.07, 6.45) is 0. The Morgan fingerprint density at radius 1 is 1.21 bits per heavy atom. The van der Waals surface area contributed by atoms with Crippen LogP contribution in [0.4, 0.5) is 0 Å². The molecule has 1 aromatic carbocycles. The monoisotopic (exact) mass is 228 g/mol. The molecule has 2 aromatic rings. The minimum absolute atomic E-state index is 0.583. The number of methoxy groups -OCH3 is 2. The fourth-order valence-electron chi connectivity index (χ4n) is 1.42. The molecule has 0 radical (unpaired) electrons. The third-order valence-electron chi connectivity index (χ3n) is 2.03. The molecule has 1 heterocycles. The molecule has 2 rings (SSSR count). The van der Waals surface area contributed by atoms with Gasteiger partial charge in [0.25, 0.3) is 0 Å². The topological polar surface area (TPSA) is 18.5 Å². The summed E-state index contributed by atoms with van der Waals surface area (Å²) in [4.78, 5) is 0. The standard InChI is InChI=1S/C10H9ClO2S/c1-12-9-6-3-4-14-8(6)5-7(11)10(9)13-2/h3-5H,1-2H3. The number of hydrogen-bond acceptors (Lipinski definition) is 3. The molecule has 0 spiro atoms. The van der Waals surface area contributed by atoms with Crippen LogP contribution in [0, 0.1) is 0 Å². The number of fused-ring (bicyclic) bond motifs is 1. The summed E-state index contributed by atoms with van der Waals surface area (Å²) >= 11 is 7.68. The molecular weight excluding hydrogens is 220 g/mol. The van der Waals surface area contributed by atoms with E-state index >= 15 is 0 Å². The zero-order valence-electron chi connectivity index (χ0n) is 7.83. The SMILES string of the molecule is COc1c(Cl)cc2sccc2c1OC. The molecule has 0 unspecified atom stereocenters. The van der Waals surface area contributed by atoms with Gasteiger partial charge in [-0.3, -0.25) is 0 Å². The van der Waals surface area contributed by atoms with Crippen molar-refractivity contribution >= 4 is 33.0 Å². The molecule has 0 saturated heterocycles. The van der Waals surface area contributed by atoms with Crippen LogP contribution in [0.25, 0.3) is 10.1 Å². The third-order valence-corrected chi connectivity index (χ3v) is 3.17. The summed E-state index contributed by atoms with van der Waals surface area (Å²) in [5.74, 6) is 1.30. The lowest BCUT2D eigenvalue weighted by Gasteiger charge is -2.09. The van der Waals surface area contributed by atoms with Gasteiger partial charge in [0, 0.05) is 10.1 Å². The Balaban J connectivity index is 2.82. The van der Waals surface area contributed by atoms with Crippen LogP contribution in [0.1, 0.15) is 0 Å². The zero-order valence-corrected chi connectivity index (χ0v) is 9.41. The second-order valence-electron chi connectivity index (χ2n) is 2.76. The summed E-state index contributed by atoms with van der Waals surface area (Å²) in [7, 11) is 3.20. The molecule has 0 aliphatic heterocycles. The van der Waals surface area contributed by atoms with Crippen LogP contribution in [0.15, 0.2) is 17.5 Å². The molecule has 74 valence electrons. The summed E-state index contributed by atoms with van der Waals surface area (Å²) < 4.78 is 11.6. The maximum atomic E-state index is 6.05. The van der Waals surface area contributed by atoms with Crippen molar-refractivity contribution in [3.8, 4) is 11.5 Å². The van der Waals surface area contributed by atoms with E-state index in [0.29, 0.717) is 16.5 Å². The predicted molar refractivity (Wildman–Crippen MR) is 59.9 cm³/mol. The molecular formula is C10H9ClO2S. The number of thiophene rings is 1. The Morgan fingerprint density at radius 3 is 2.57 bits per heavy atom. The molecule has 14 heavy (non-hydrogen) atoms. The number of hydrogen-bond donors (Lipinski definition) is 0. The normalized spacial score (nSPS) is 10.5. The van der Waals surface area contributed by atoms with Gasteiger partial charge in [0.1, 0.15) is 0 Å². The van der Waals surface area contributed by atoms with E-state index in [0.717, 1.165) is 10.1 Å². The first-order valence-electron chi connectivity index (χ1n) is 4.05. The zero-order chi connectivity index (χ0) is 10.1. The van der Waals surface area contributed by atoms with Gasteiger partial charge in [-0.1, -0.05) is 11.6 Å². The molecule has 0 aliphatic carbocycles. The van der Waals surface area contributed by atoms with Gasteiger partial charge in [0.15, 0.2) is 11.5 Å². The van der Waals surface area contributed by atoms with Gasteiger partial charge < -0.3 is 9.47 Å². The Hall–Kier alpha value is -0.930. The average molecular weight is 229 g/mol. The molecule has 0 amide bonds. The van der Waals surface area contributed by atoms with Crippen molar-refractivity contribution in [1.82, 2.24) is 0 Å². The highest BCUT2D eigenvalue weighted by atomic mass is 35.5. The van der Waals surface area contributed by atoms with Crippen molar-refractivity contribution in [2.75, 3.05) is 14.2 Å². The van der Waals surface area contributed by atoms with Crippen molar-refractivity contribution in [2.24, 2.45) is 0 Å². The molecule has 4 heteroatoms. The first kappa shape index (κ1) is 9.62. The molecule has 0 N–H and O–H groups in total. The smallest absolute Gasteiger partial charge is 0.180 e. The van der Waals surface area contributed by atoms with Crippen molar-refractivity contribution in [3.05, 3.63) is 22.5 Å². The Labute approximate surface area is 91.0 Å². The highest BCUT2D eigenvalue weighted by Gasteiger charge is 2.13. The first-order chi connectivity index (χ1) is 6.77. The van der Waals surface area contributed by atoms with Crippen LogP contribution >= 0.6 is 22.9 Å². The Kier molecular flexibility index (Phi) is 2.52. The van der Waals surface area contributed by atoms with E-state index in [1.54, 1.807) is 25.6 Å². The number of benzene rings is 1. The fourth-order valence-corrected chi connectivity index (χ4v) is 2.59. The summed E-state index contributed by atoms with van der Waals surface area (Å²) in [6.45, 7) is 0. The van der Waals surface area contributed by atoms with E-state index in [2.05, 4.69) is 0 Å². The van der Waals surface area contributed by atoms with Crippen molar-refractivity contribution < 1.29 is 9.47 Å². The molecule has 0 aliphatic rings. The highest BCUT2D eigenvalue weighted by molar-refractivity contribution is 7.17. The Morgan fingerprint density at radius 2 is 1.93 bits per heavy atom.